The predicted octanol–water partition coefficient (Wildman–Crippen LogP) is 5.84. The number of carbonyl (C=O) groups excluding carboxylic acids is 1. The number of fused-ring (bicyclic) bond motifs is 1. The average molecular weight is 510 g/mol. The maximum atomic E-state index is 13.7. The van der Waals surface area contributed by atoms with E-state index in [1.54, 1.807) is 7.11 Å². The smallest absolute Gasteiger partial charge is 0.252 e. The van der Waals surface area contributed by atoms with E-state index >= 15 is 0 Å². The zero-order valence-corrected chi connectivity index (χ0v) is 22.3. The molecule has 0 bridgehead atoms. The van der Waals surface area contributed by atoms with E-state index in [0.717, 1.165) is 41.0 Å². The van der Waals surface area contributed by atoms with Gasteiger partial charge in [-0.15, -0.1) is 0 Å². The van der Waals surface area contributed by atoms with Crippen LogP contribution in [0.25, 0.3) is 22.2 Å². The summed E-state index contributed by atoms with van der Waals surface area (Å²) in [5, 5.41) is 4.09. The van der Waals surface area contributed by atoms with Crippen LogP contribution in [0.1, 0.15) is 47.3 Å². The Bertz CT molecular complexity index is 1400. The van der Waals surface area contributed by atoms with Crippen LogP contribution < -0.4 is 10.1 Å². The zero-order chi connectivity index (χ0) is 26.5. The van der Waals surface area contributed by atoms with Crippen LogP contribution in [0.15, 0.2) is 78.9 Å². The molecule has 1 unspecified atom stereocenters. The lowest BCUT2D eigenvalue weighted by Crippen LogP contribution is -2.43. The molecule has 0 aliphatic carbocycles. The molecule has 38 heavy (non-hydrogen) atoms. The molecule has 3 aromatic carbocycles. The largest absolute Gasteiger partial charge is 0.497 e. The number of rotatable bonds is 8. The van der Waals surface area contributed by atoms with E-state index in [-0.39, 0.29) is 11.9 Å². The Kier molecular flexibility index (Phi) is 8.01. The molecule has 6 nitrogen and oxygen atoms in total. The summed E-state index contributed by atoms with van der Waals surface area (Å²) in [6.45, 7) is 7.99. The highest BCUT2D eigenvalue weighted by Gasteiger charge is 2.24. The summed E-state index contributed by atoms with van der Waals surface area (Å²) in [5.74, 6) is 1.12. The molecule has 6 heteroatoms. The van der Waals surface area contributed by atoms with Crippen molar-refractivity contribution >= 4 is 16.8 Å². The van der Waals surface area contributed by atoms with Crippen molar-refractivity contribution < 1.29 is 14.3 Å². The highest BCUT2D eigenvalue weighted by molar-refractivity contribution is 6.07. The van der Waals surface area contributed by atoms with Crippen LogP contribution in [0, 0.1) is 0 Å². The molecule has 1 atom stereocenters. The fraction of sp³-hybridized carbons (Fsp3) is 0.312. The van der Waals surface area contributed by atoms with Gasteiger partial charge in [-0.2, -0.15) is 0 Å². The first kappa shape index (κ1) is 25.9. The van der Waals surface area contributed by atoms with Crippen LogP contribution in [0.4, 0.5) is 0 Å². The van der Waals surface area contributed by atoms with Gasteiger partial charge in [-0.25, -0.2) is 4.98 Å². The minimum atomic E-state index is -0.107. The number of ether oxygens (including phenoxy) is 2. The minimum Gasteiger partial charge on any atom is -0.497 e. The molecule has 0 spiro atoms. The number of nitrogens with one attached hydrogen (secondary N) is 1. The summed E-state index contributed by atoms with van der Waals surface area (Å²) < 4.78 is 11.0. The van der Waals surface area contributed by atoms with Gasteiger partial charge >= 0.3 is 0 Å². The zero-order valence-electron chi connectivity index (χ0n) is 22.3. The van der Waals surface area contributed by atoms with Crippen LogP contribution in [-0.2, 0) is 4.74 Å². The quantitative estimate of drug-likeness (QED) is 0.323. The lowest BCUT2D eigenvalue weighted by atomic mass is 9.98. The second-order valence-corrected chi connectivity index (χ2v) is 10.00. The summed E-state index contributed by atoms with van der Waals surface area (Å²) in [7, 11) is 1.65. The van der Waals surface area contributed by atoms with Gasteiger partial charge in [0.15, 0.2) is 0 Å². The van der Waals surface area contributed by atoms with Gasteiger partial charge < -0.3 is 14.8 Å². The molecule has 1 amide bonds. The molecule has 5 rings (SSSR count). The summed E-state index contributed by atoms with van der Waals surface area (Å²) in [4.78, 5) is 21.0. The Morgan fingerprint density at radius 1 is 0.974 bits per heavy atom. The van der Waals surface area contributed by atoms with Gasteiger partial charge in [-0.3, -0.25) is 9.69 Å². The van der Waals surface area contributed by atoms with Crippen LogP contribution >= 0.6 is 0 Å². The van der Waals surface area contributed by atoms with Crippen molar-refractivity contribution in [2.45, 2.75) is 25.8 Å². The molecule has 4 aromatic rings. The Morgan fingerprint density at radius 3 is 2.45 bits per heavy atom. The number of para-hydroxylation sites is 1. The number of amides is 1. The van der Waals surface area contributed by atoms with Crippen LogP contribution in [0.3, 0.4) is 0 Å². The lowest BCUT2D eigenvalue weighted by Gasteiger charge is -2.35. The van der Waals surface area contributed by atoms with E-state index < -0.39 is 0 Å². The molecule has 0 saturated carbocycles. The summed E-state index contributed by atoms with van der Waals surface area (Å²) in [6, 6.07) is 26.3. The fourth-order valence-electron chi connectivity index (χ4n) is 5.03. The third-order valence-corrected chi connectivity index (χ3v) is 7.26. The van der Waals surface area contributed by atoms with E-state index in [0.29, 0.717) is 31.2 Å². The SMILES string of the molecule is COc1cccc(-c2cc(C(=O)NCC(c3ccc(C(C)C)cc3)N3CCOCC3)c3ccccc3n2)c1. The van der Waals surface area contributed by atoms with Crippen molar-refractivity contribution in [3.63, 3.8) is 0 Å². The molecular formula is C32H35N3O3. The van der Waals surface area contributed by atoms with E-state index in [1.807, 2.05) is 54.6 Å². The Balaban J connectivity index is 1.44. The maximum Gasteiger partial charge on any atom is 0.252 e. The van der Waals surface area contributed by atoms with Crippen molar-refractivity contribution in [3.05, 3.63) is 95.6 Å². The fourth-order valence-corrected chi connectivity index (χ4v) is 5.03. The average Bonchev–Trinajstić information content (AvgIpc) is 2.97. The molecule has 0 radical (unpaired) electrons. The molecule has 196 valence electrons. The monoisotopic (exact) mass is 509 g/mol. The number of pyridine rings is 1. The van der Waals surface area contributed by atoms with Gasteiger partial charge in [0.25, 0.3) is 5.91 Å². The summed E-state index contributed by atoms with van der Waals surface area (Å²) >= 11 is 0. The summed E-state index contributed by atoms with van der Waals surface area (Å²) in [5.41, 5.74) is 5.55. The highest BCUT2D eigenvalue weighted by Crippen LogP contribution is 2.28. The van der Waals surface area contributed by atoms with E-state index in [2.05, 4.69) is 48.3 Å². The minimum absolute atomic E-state index is 0.0648. The number of morpholine rings is 1. The van der Waals surface area contributed by atoms with Crippen LogP contribution in [-0.4, -0.2) is 55.7 Å². The number of methoxy groups -OCH3 is 1. The van der Waals surface area contributed by atoms with Crippen LogP contribution in [0.2, 0.25) is 0 Å². The van der Waals surface area contributed by atoms with Gasteiger partial charge in [-0.05, 0) is 41.3 Å². The van der Waals surface area contributed by atoms with Crippen molar-refractivity contribution in [2.75, 3.05) is 40.0 Å². The molecule has 2 heterocycles. The number of carbonyl (C=O) groups is 1. The van der Waals surface area contributed by atoms with Crippen LogP contribution in [0.5, 0.6) is 5.75 Å². The molecule has 1 N–H and O–H groups in total. The highest BCUT2D eigenvalue weighted by atomic mass is 16.5. The second kappa shape index (κ2) is 11.8. The first-order valence-corrected chi connectivity index (χ1v) is 13.3. The maximum absolute atomic E-state index is 13.7. The predicted molar refractivity (Wildman–Crippen MR) is 152 cm³/mol. The molecular weight excluding hydrogens is 474 g/mol. The van der Waals surface area contributed by atoms with Crippen molar-refractivity contribution in [1.82, 2.24) is 15.2 Å². The molecule has 1 fully saturated rings. The first-order chi connectivity index (χ1) is 18.5. The second-order valence-electron chi connectivity index (χ2n) is 10.00. The number of benzene rings is 3. The molecule has 1 aromatic heterocycles. The Hall–Kier alpha value is -3.74. The molecule has 1 aliphatic heterocycles. The standard InChI is InChI=1S/C32H35N3O3/c1-22(2)23-11-13-24(14-12-23)31(35-15-17-38-18-16-35)21-33-32(36)28-20-30(25-7-6-8-26(19-25)37-3)34-29-10-5-4-9-27(28)29/h4-14,19-20,22,31H,15-18,21H2,1-3H3,(H,33,36). The van der Waals surface area contributed by atoms with Crippen molar-refractivity contribution in [2.24, 2.45) is 0 Å². The van der Waals surface area contributed by atoms with Gasteiger partial charge in [0.2, 0.25) is 0 Å². The Labute approximate surface area is 224 Å². The van der Waals surface area contributed by atoms with Crippen molar-refractivity contribution in [1.29, 1.82) is 0 Å². The van der Waals surface area contributed by atoms with Gasteiger partial charge in [0, 0.05) is 30.6 Å². The van der Waals surface area contributed by atoms with Gasteiger partial charge in [0.05, 0.1) is 43.1 Å². The molecule has 1 aliphatic rings. The van der Waals surface area contributed by atoms with E-state index in [1.165, 1.54) is 11.1 Å². The normalized spacial score (nSPS) is 14.9. The first-order valence-electron chi connectivity index (χ1n) is 13.3. The van der Waals surface area contributed by atoms with Gasteiger partial charge in [0.1, 0.15) is 5.75 Å². The number of hydrogen-bond donors (Lipinski definition) is 1. The number of hydrogen-bond acceptors (Lipinski definition) is 5. The summed E-state index contributed by atoms with van der Waals surface area (Å²) in [6.07, 6.45) is 0. The third kappa shape index (κ3) is 5.72. The van der Waals surface area contributed by atoms with Gasteiger partial charge in [-0.1, -0.05) is 68.4 Å². The Morgan fingerprint density at radius 2 is 1.71 bits per heavy atom. The molecule has 1 saturated heterocycles. The lowest BCUT2D eigenvalue weighted by molar-refractivity contribution is 0.0162. The third-order valence-electron chi connectivity index (χ3n) is 7.26. The topological polar surface area (TPSA) is 63.7 Å². The number of aromatic nitrogens is 1. The van der Waals surface area contributed by atoms with E-state index in [9.17, 15) is 4.79 Å². The van der Waals surface area contributed by atoms with Crippen molar-refractivity contribution in [3.8, 4) is 17.0 Å². The number of nitrogens with zero attached hydrogens (tertiary/aromatic N) is 2. The van der Waals surface area contributed by atoms with E-state index in [4.69, 9.17) is 14.5 Å².